The molecule has 0 unspecified atom stereocenters. The first-order chi connectivity index (χ1) is 15.8. The van der Waals surface area contributed by atoms with Crippen molar-refractivity contribution in [2.24, 2.45) is 5.92 Å². The van der Waals surface area contributed by atoms with Gasteiger partial charge in [0.05, 0.1) is 22.2 Å². The number of benzene rings is 1. The van der Waals surface area contributed by atoms with Crippen molar-refractivity contribution in [2.45, 2.75) is 69.7 Å². The number of sulfonamides is 1. The SMILES string of the molecule is CCN(CC)S(=O)(=O)c1ccc(N2CCCC2)c(NC(=O)[C@H]2CC(=O)N(C3CCCC3)C2)c1. The number of amides is 2. The third-order valence-electron chi connectivity index (χ3n) is 7.31. The van der Waals surface area contributed by atoms with Crippen LogP contribution in [0.15, 0.2) is 23.1 Å². The standard InChI is InChI=1S/C24H36N4O4S/c1-3-27(4-2)33(31,32)20-11-12-22(26-13-7-8-14-26)21(16-20)25-24(30)18-15-23(29)28(17-18)19-9-5-6-10-19/h11-12,16,18-19H,3-10,13-15,17H2,1-2H3,(H,25,30)/t18-/m0/s1. The number of carbonyl (C=O) groups excluding carboxylic acids is 2. The molecule has 9 heteroatoms. The van der Waals surface area contributed by atoms with Crippen LogP contribution < -0.4 is 10.2 Å². The largest absolute Gasteiger partial charge is 0.370 e. The first kappa shape index (κ1) is 24.0. The van der Waals surface area contributed by atoms with Gasteiger partial charge in [-0.05, 0) is 43.9 Å². The summed E-state index contributed by atoms with van der Waals surface area (Å²) in [6.45, 7) is 6.60. The summed E-state index contributed by atoms with van der Waals surface area (Å²) in [4.78, 5) is 30.1. The lowest BCUT2D eigenvalue weighted by molar-refractivity contribution is -0.129. The van der Waals surface area contributed by atoms with Gasteiger partial charge in [-0.3, -0.25) is 9.59 Å². The monoisotopic (exact) mass is 476 g/mol. The van der Waals surface area contributed by atoms with Crippen molar-refractivity contribution in [3.05, 3.63) is 18.2 Å². The maximum absolute atomic E-state index is 13.2. The average Bonchev–Trinajstić information content (AvgIpc) is 3.56. The van der Waals surface area contributed by atoms with Crippen LogP contribution in [0.1, 0.15) is 58.8 Å². The van der Waals surface area contributed by atoms with E-state index in [2.05, 4.69) is 10.2 Å². The molecule has 33 heavy (non-hydrogen) atoms. The molecule has 0 aromatic heterocycles. The third-order valence-corrected chi connectivity index (χ3v) is 9.36. The normalized spacial score (nSPS) is 22.0. The summed E-state index contributed by atoms with van der Waals surface area (Å²) < 4.78 is 27.6. The second kappa shape index (κ2) is 10.0. The second-order valence-corrected chi connectivity index (χ2v) is 11.3. The lowest BCUT2D eigenvalue weighted by atomic mass is 10.1. The lowest BCUT2D eigenvalue weighted by Gasteiger charge is -2.25. The number of hydrogen-bond donors (Lipinski definition) is 1. The quantitative estimate of drug-likeness (QED) is 0.623. The van der Waals surface area contributed by atoms with Gasteiger partial charge in [0.2, 0.25) is 21.8 Å². The van der Waals surface area contributed by atoms with Gasteiger partial charge in [0.25, 0.3) is 0 Å². The van der Waals surface area contributed by atoms with E-state index in [0.717, 1.165) is 57.3 Å². The van der Waals surface area contributed by atoms with Crippen molar-refractivity contribution in [1.82, 2.24) is 9.21 Å². The Balaban J connectivity index is 1.58. The topological polar surface area (TPSA) is 90.0 Å². The zero-order valence-corrected chi connectivity index (χ0v) is 20.6. The van der Waals surface area contributed by atoms with E-state index >= 15 is 0 Å². The fourth-order valence-electron chi connectivity index (χ4n) is 5.43. The van der Waals surface area contributed by atoms with Crippen molar-refractivity contribution in [2.75, 3.05) is 42.9 Å². The molecule has 2 heterocycles. The fraction of sp³-hybridized carbons (Fsp3) is 0.667. The van der Waals surface area contributed by atoms with E-state index in [1.807, 2.05) is 24.8 Å². The molecule has 4 rings (SSSR count). The first-order valence-electron chi connectivity index (χ1n) is 12.3. The molecule has 1 saturated carbocycles. The smallest absolute Gasteiger partial charge is 0.243 e. The number of rotatable bonds is 8. The Morgan fingerprint density at radius 1 is 1.09 bits per heavy atom. The zero-order valence-electron chi connectivity index (χ0n) is 19.8. The summed E-state index contributed by atoms with van der Waals surface area (Å²) in [5.41, 5.74) is 1.36. The molecule has 0 radical (unpaired) electrons. The Labute approximate surface area is 197 Å². The Bertz CT molecular complexity index is 980. The number of hydrogen-bond acceptors (Lipinski definition) is 5. The van der Waals surface area contributed by atoms with Gasteiger partial charge in [0.1, 0.15) is 0 Å². The number of carbonyl (C=O) groups is 2. The molecule has 1 aromatic carbocycles. The van der Waals surface area contributed by atoms with Crippen LogP contribution in [0.5, 0.6) is 0 Å². The minimum Gasteiger partial charge on any atom is -0.370 e. The highest BCUT2D eigenvalue weighted by Crippen LogP contribution is 2.34. The Morgan fingerprint density at radius 2 is 1.76 bits per heavy atom. The van der Waals surface area contributed by atoms with Gasteiger partial charge in [-0.25, -0.2) is 8.42 Å². The highest BCUT2D eigenvalue weighted by atomic mass is 32.2. The zero-order chi connectivity index (χ0) is 23.6. The number of anilines is 2. The van der Waals surface area contributed by atoms with Crippen LogP contribution in [-0.4, -0.2) is 68.2 Å². The van der Waals surface area contributed by atoms with Crippen LogP contribution in [-0.2, 0) is 19.6 Å². The molecule has 2 aliphatic heterocycles. The number of nitrogens with zero attached hydrogens (tertiary/aromatic N) is 3. The van der Waals surface area contributed by atoms with Gasteiger partial charge in [0, 0.05) is 45.2 Å². The van der Waals surface area contributed by atoms with Crippen LogP contribution in [0.3, 0.4) is 0 Å². The van der Waals surface area contributed by atoms with Crippen molar-refractivity contribution in [1.29, 1.82) is 0 Å². The van der Waals surface area contributed by atoms with Gasteiger partial charge in [0.15, 0.2) is 0 Å². The average molecular weight is 477 g/mol. The maximum atomic E-state index is 13.2. The molecule has 1 aliphatic carbocycles. The molecule has 1 aromatic rings. The molecule has 0 spiro atoms. The van der Waals surface area contributed by atoms with E-state index in [4.69, 9.17) is 0 Å². The fourth-order valence-corrected chi connectivity index (χ4v) is 6.92. The minimum absolute atomic E-state index is 0.0553. The van der Waals surface area contributed by atoms with Crippen LogP contribution in [0.4, 0.5) is 11.4 Å². The molecule has 2 saturated heterocycles. The van der Waals surface area contributed by atoms with Crippen LogP contribution >= 0.6 is 0 Å². The van der Waals surface area contributed by atoms with Gasteiger partial charge in [-0.2, -0.15) is 4.31 Å². The van der Waals surface area contributed by atoms with Crippen molar-refractivity contribution in [3.8, 4) is 0 Å². The second-order valence-electron chi connectivity index (χ2n) is 9.34. The van der Waals surface area contributed by atoms with Crippen molar-refractivity contribution >= 4 is 33.2 Å². The Morgan fingerprint density at radius 3 is 2.39 bits per heavy atom. The highest BCUT2D eigenvalue weighted by Gasteiger charge is 2.39. The van der Waals surface area contributed by atoms with Gasteiger partial charge in [-0.1, -0.05) is 26.7 Å². The molecule has 1 atom stereocenters. The maximum Gasteiger partial charge on any atom is 0.243 e. The lowest BCUT2D eigenvalue weighted by Crippen LogP contribution is -2.35. The summed E-state index contributed by atoms with van der Waals surface area (Å²) in [6, 6.07) is 5.29. The Hall–Kier alpha value is -2.13. The molecule has 8 nitrogen and oxygen atoms in total. The molecular weight excluding hydrogens is 440 g/mol. The third kappa shape index (κ3) is 4.89. The molecular formula is C24H36N4O4S. The summed E-state index contributed by atoms with van der Waals surface area (Å²) in [5.74, 6) is -0.561. The van der Waals surface area contributed by atoms with E-state index in [1.54, 1.807) is 12.1 Å². The number of likely N-dealkylation sites (tertiary alicyclic amines) is 1. The summed E-state index contributed by atoms with van der Waals surface area (Å²) >= 11 is 0. The van der Waals surface area contributed by atoms with E-state index in [1.165, 1.54) is 4.31 Å². The van der Waals surface area contributed by atoms with Gasteiger partial charge >= 0.3 is 0 Å². The molecule has 0 bridgehead atoms. The Kier molecular flexibility index (Phi) is 7.28. The van der Waals surface area contributed by atoms with Crippen molar-refractivity contribution in [3.63, 3.8) is 0 Å². The van der Waals surface area contributed by atoms with Gasteiger partial charge in [-0.15, -0.1) is 0 Å². The number of nitrogens with one attached hydrogen (secondary N) is 1. The predicted octanol–water partition coefficient (Wildman–Crippen LogP) is 3.05. The molecule has 1 N–H and O–H groups in total. The molecule has 3 fully saturated rings. The summed E-state index contributed by atoms with van der Waals surface area (Å²) in [5, 5.41) is 3.01. The van der Waals surface area contributed by atoms with Crippen LogP contribution in [0, 0.1) is 5.92 Å². The van der Waals surface area contributed by atoms with E-state index in [0.29, 0.717) is 25.3 Å². The van der Waals surface area contributed by atoms with E-state index < -0.39 is 15.9 Å². The van der Waals surface area contributed by atoms with E-state index in [9.17, 15) is 18.0 Å². The van der Waals surface area contributed by atoms with Crippen LogP contribution in [0.25, 0.3) is 0 Å². The first-order valence-corrected chi connectivity index (χ1v) is 13.8. The van der Waals surface area contributed by atoms with Gasteiger partial charge < -0.3 is 15.1 Å². The molecule has 2 amide bonds. The van der Waals surface area contributed by atoms with Crippen molar-refractivity contribution < 1.29 is 18.0 Å². The molecule has 3 aliphatic rings. The minimum atomic E-state index is -3.65. The van der Waals surface area contributed by atoms with E-state index in [-0.39, 0.29) is 29.2 Å². The summed E-state index contributed by atoms with van der Waals surface area (Å²) in [7, 11) is -3.65. The predicted molar refractivity (Wildman–Crippen MR) is 129 cm³/mol. The summed E-state index contributed by atoms with van der Waals surface area (Å²) in [6.07, 6.45) is 6.67. The molecule has 182 valence electrons. The van der Waals surface area contributed by atoms with Crippen LogP contribution in [0.2, 0.25) is 0 Å². The highest BCUT2D eigenvalue weighted by molar-refractivity contribution is 7.89.